The van der Waals surface area contributed by atoms with E-state index in [4.69, 9.17) is 18.0 Å². The van der Waals surface area contributed by atoms with Crippen LogP contribution in [0.5, 0.6) is 0 Å². The lowest BCUT2D eigenvalue weighted by Gasteiger charge is -2.25. The van der Waals surface area contributed by atoms with Gasteiger partial charge in [-0.3, -0.25) is 4.79 Å². The third-order valence-electron chi connectivity index (χ3n) is 2.27. The standard InChI is InChI=1S/C11H16N2OS2/c1-7(2)13(6-9(12)15)11(14)10-8(3)4-5-16-10/h4-5,7H,6H2,1-3H3,(H2,12,15). The average molecular weight is 256 g/mol. The summed E-state index contributed by atoms with van der Waals surface area (Å²) in [6, 6.07) is 2.03. The van der Waals surface area contributed by atoms with Crippen molar-refractivity contribution in [2.45, 2.75) is 26.8 Å². The molecule has 2 N–H and O–H groups in total. The maximum Gasteiger partial charge on any atom is 0.264 e. The quantitative estimate of drug-likeness (QED) is 0.840. The number of amides is 1. The number of rotatable bonds is 4. The van der Waals surface area contributed by atoms with Crippen LogP contribution in [0.1, 0.15) is 29.1 Å². The van der Waals surface area contributed by atoms with Gasteiger partial charge in [0.15, 0.2) is 0 Å². The van der Waals surface area contributed by atoms with E-state index in [9.17, 15) is 4.79 Å². The minimum absolute atomic E-state index is 0.00954. The summed E-state index contributed by atoms with van der Waals surface area (Å²) >= 11 is 6.31. The van der Waals surface area contributed by atoms with E-state index in [1.54, 1.807) is 4.90 Å². The first kappa shape index (κ1) is 13.1. The molecule has 0 radical (unpaired) electrons. The van der Waals surface area contributed by atoms with Gasteiger partial charge in [-0.15, -0.1) is 11.3 Å². The first-order valence-electron chi connectivity index (χ1n) is 5.07. The number of carbonyl (C=O) groups is 1. The molecule has 0 atom stereocenters. The Balaban J connectivity index is 2.92. The maximum absolute atomic E-state index is 12.2. The molecule has 16 heavy (non-hydrogen) atoms. The van der Waals surface area contributed by atoms with Crippen molar-refractivity contribution in [2.75, 3.05) is 6.54 Å². The molecule has 0 aliphatic rings. The van der Waals surface area contributed by atoms with Crippen molar-refractivity contribution in [3.05, 3.63) is 21.9 Å². The van der Waals surface area contributed by atoms with E-state index in [-0.39, 0.29) is 11.9 Å². The van der Waals surface area contributed by atoms with Gasteiger partial charge in [0.05, 0.1) is 16.4 Å². The van der Waals surface area contributed by atoms with Crippen LogP contribution in [-0.4, -0.2) is 28.4 Å². The molecule has 1 aromatic rings. The molecule has 0 bridgehead atoms. The summed E-state index contributed by atoms with van der Waals surface area (Å²) < 4.78 is 0. The minimum atomic E-state index is 0.00954. The lowest BCUT2D eigenvalue weighted by Crippen LogP contribution is -2.42. The molecule has 0 fully saturated rings. The van der Waals surface area contributed by atoms with Gasteiger partial charge in [-0.1, -0.05) is 12.2 Å². The molecule has 0 aliphatic carbocycles. The smallest absolute Gasteiger partial charge is 0.264 e. The fourth-order valence-electron chi connectivity index (χ4n) is 1.38. The average Bonchev–Trinajstić information content (AvgIpc) is 2.59. The summed E-state index contributed by atoms with van der Waals surface area (Å²) in [5.74, 6) is 0.00954. The maximum atomic E-state index is 12.2. The molecule has 0 saturated carbocycles. The zero-order valence-corrected chi connectivity index (χ0v) is 11.3. The van der Waals surface area contributed by atoms with Crippen molar-refractivity contribution in [3.8, 4) is 0 Å². The van der Waals surface area contributed by atoms with Crippen LogP contribution in [0.25, 0.3) is 0 Å². The van der Waals surface area contributed by atoms with E-state index in [0.717, 1.165) is 10.4 Å². The number of thiocarbonyl (C=S) groups is 1. The second kappa shape index (κ2) is 5.41. The number of hydrogen-bond donors (Lipinski definition) is 1. The highest BCUT2D eigenvalue weighted by Crippen LogP contribution is 2.19. The van der Waals surface area contributed by atoms with Crippen molar-refractivity contribution < 1.29 is 4.79 Å². The van der Waals surface area contributed by atoms with Gasteiger partial charge in [-0.05, 0) is 37.8 Å². The molecular formula is C11H16N2OS2. The van der Waals surface area contributed by atoms with Gasteiger partial charge in [0.25, 0.3) is 5.91 Å². The molecule has 0 saturated heterocycles. The van der Waals surface area contributed by atoms with E-state index < -0.39 is 0 Å². The summed E-state index contributed by atoms with van der Waals surface area (Å²) in [5, 5.41) is 1.92. The van der Waals surface area contributed by atoms with E-state index in [2.05, 4.69) is 0 Å². The monoisotopic (exact) mass is 256 g/mol. The van der Waals surface area contributed by atoms with Crippen molar-refractivity contribution in [3.63, 3.8) is 0 Å². The molecule has 1 amide bonds. The minimum Gasteiger partial charge on any atom is -0.392 e. The fraction of sp³-hybridized carbons (Fsp3) is 0.455. The van der Waals surface area contributed by atoms with Crippen molar-refractivity contribution in [1.29, 1.82) is 0 Å². The Morgan fingerprint density at radius 3 is 2.62 bits per heavy atom. The van der Waals surface area contributed by atoms with Gasteiger partial charge in [0.1, 0.15) is 0 Å². The molecule has 3 nitrogen and oxygen atoms in total. The Morgan fingerprint density at radius 2 is 2.25 bits per heavy atom. The number of hydrogen-bond acceptors (Lipinski definition) is 3. The second-order valence-electron chi connectivity index (χ2n) is 3.93. The Kier molecular flexibility index (Phi) is 4.44. The van der Waals surface area contributed by atoms with Crippen molar-refractivity contribution in [2.24, 2.45) is 5.73 Å². The van der Waals surface area contributed by atoms with E-state index in [1.807, 2.05) is 32.2 Å². The summed E-state index contributed by atoms with van der Waals surface area (Å²) in [6.07, 6.45) is 0. The molecule has 5 heteroatoms. The van der Waals surface area contributed by atoms with E-state index in [0.29, 0.717) is 11.5 Å². The molecule has 88 valence electrons. The van der Waals surface area contributed by atoms with Gasteiger partial charge >= 0.3 is 0 Å². The summed E-state index contributed by atoms with van der Waals surface area (Å²) in [6.45, 7) is 6.18. The highest BCUT2D eigenvalue weighted by molar-refractivity contribution is 7.80. The molecule has 1 rings (SSSR count). The van der Waals surface area contributed by atoms with Gasteiger partial charge in [0, 0.05) is 6.04 Å². The largest absolute Gasteiger partial charge is 0.392 e. The van der Waals surface area contributed by atoms with Crippen LogP contribution in [0.2, 0.25) is 0 Å². The Morgan fingerprint density at radius 1 is 1.62 bits per heavy atom. The first-order valence-corrected chi connectivity index (χ1v) is 6.35. The normalized spacial score (nSPS) is 10.5. The van der Waals surface area contributed by atoms with Crippen LogP contribution in [0.15, 0.2) is 11.4 Å². The van der Waals surface area contributed by atoms with Gasteiger partial charge in [-0.2, -0.15) is 0 Å². The van der Waals surface area contributed by atoms with E-state index in [1.165, 1.54) is 11.3 Å². The van der Waals surface area contributed by atoms with Crippen LogP contribution in [0.3, 0.4) is 0 Å². The van der Waals surface area contributed by atoms with Crippen LogP contribution in [0.4, 0.5) is 0 Å². The number of aryl methyl sites for hydroxylation is 1. The van der Waals surface area contributed by atoms with E-state index >= 15 is 0 Å². The third kappa shape index (κ3) is 3.02. The highest BCUT2D eigenvalue weighted by atomic mass is 32.1. The molecule has 1 aromatic heterocycles. The Hall–Kier alpha value is -0.940. The zero-order valence-electron chi connectivity index (χ0n) is 9.69. The Labute approximate surface area is 105 Å². The third-order valence-corrected chi connectivity index (χ3v) is 3.40. The molecule has 1 heterocycles. The predicted molar refractivity (Wildman–Crippen MR) is 72.0 cm³/mol. The predicted octanol–water partition coefficient (Wildman–Crippen LogP) is 2.19. The van der Waals surface area contributed by atoms with Gasteiger partial charge in [-0.25, -0.2) is 0 Å². The number of thiophene rings is 1. The Bertz CT molecular complexity index is 398. The zero-order chi connectivity index (χ0) is 12.3. The van der Waals surface area contributed by atoms with Crippen LogP contribution in [-0.2, 0) is 0 Å². The SMILES string of the molecule is Cc1ccsc1C(=O)N(CC(N)=S)C(C)C. The van der Waals surface area contributed by atoms with Crippen LogP contribution < -0.4 is 5.73 Å². The van der Waals surface area contributed by atoms with Crippen molar-refractivity contribution in [1.82, 2.24) is 4.90 Å². The van der Waals surface area contributed by atoms with Crippen LogP contribution in [0, 0.1) is 6.92 Å². The summed E-state index contributed by atoms with van der Waals surface area (Å²) in [4.78, 5) is 15.0. The lowest BCUT2D eigenvalue weighted by molar-refractivity contribution is 0.0740. The van der Waals surface area contributed by atoms with Gasteiger partial charge < -0.3 is 10.6 Å². The number of nitrogens with two attached hydrogens (primary N) is 1. The summed E-state index contributed by atoms with van der Waals surface area (Å²) in [5.41, 5.74) is 6.50. The number of nitrogens with zero attached hydrogens (tertiary/aromatic N) is 1. The molecular weight excluding hydrogens is 240 g/mol. The molecule has 0 spiro atoms. The van der Waals surface area contributed by atoms with Crippen LogP contribution >= 0.6 is 23.6 Å². The second-order valence-corrected chi connectivity index (χ2v) is 5.37. The topological polar surface area (TPSA) is 46.3 Å². The molecule has 0 unspecified atom stereocenters. The first-order chi connectivity index (χ1) is 7.43. The number of carbonyl (C=O) groups excluding carboxylic acids is 1. The lowest BCUT2D eigenvalue weighted by atomic mass is 10.2. The fourth-order valence-corrected chi connectivity index (χ4v) is 2.40. The summed E-state index contributed by atoms with van der Waals surface area (Å²) in [7, 11) is 0. The molecule has 0 aliphatic heterocycles. The van der Waals surface area contributed by atoms with Crippen molar-refractivity contribution >= 4 is 34.5 Å². The van der Waals surface area contributed by atoms with Gasteiger partial charge in [0.2, 0.25) is 0 Å². The molecule has 0 aromatic carbocycles. The highest BCUT2D eigenvalue weighted by Gasteiger charge is 2.21.